The molecule has 2 heterocycles. The van der Waals surface area contributed by atoms with Gasteiger partial charge in [-0.25, -0.2) is 0 Å². The summed E-state index contributed by atoms with van der Waals surface area (Å²) < 4.78 is 0. The van der Waals surface area contributed by atoms with Crippen molar-refractivity contribution in [2.45, 2.75) is 19.3 Å². The van der Waals surface area contributed by atoms with E-state index in [4.69, 9.17) is 23.2 Å². The second-order valence-corrected chi connectivity index (χ2v) is 9.90. The fraction of sp³-hybridized carbons (Fsp3) is 0.292. The first-order valence-corrected chi connectivity index (χ1v) is 12.7. The van der Waals surface area contributed by atoms with Crippen LogP contribution < -0.4 is 10.6 Å². The van der Waals surface area contributed by atoms with Crippen molar-refractivity contribution in [3.05, 3.63) is 74.7 Å². The number of carbonyl (C=O) groups excluding carboxylic acids is 3. The van der Waals surface area contributed by atoms with Crippen LogP contribution in [0.5, 0.6) is 0 Å². The largest absolute Gasteiger partial charge is 0.352 e. The molecule has 3 aromatic rings. The summed E-state index contributed by atoms with van der Waals surface area (Å²) in [5.74, 6) is -0.727. The number of amides is 3. The van der Waals surface area contributed by atoms with Crippen LogP contribution in [0.15, 0.2) is 48.5 Å². The van der Waals surface area contributed by atoms with Gasteiger partial charge in [-0.3, -0.25) is 14.4 Å². The SMILES string of the molecule is O=C(NCCc1nnc(NC(=O)C2CCN(C(=O)c3ccccc3Cl)CC2)s1)c1ccccc1Cl. The summed E-state index contributed by atoms with van der Waals surface area (Å²) >= 11 is 13.5. The lowest BCUT2D eigenvalue weighted by atomic mass is 9.95. The molecule has 1 aliphatic rings. The normalized spacial score (nSPS) is 13.9. The van der Waals surface area contributed by atoms with E-state index in [1.807, 2.05) is 0 Å². The molecule has 2 N–H and O–H groups in total. The highest BCUT2D eigenvalue weighted by molar-refractivity contribution is 7.15. The monoisotopic (exact) mass is 531 g/mol. The number of hydrogen-bond acceptors (Lipinski definition) is 6. The van der Waals surface area contributed by atoms with Gasteiger partial charge in [-0.05, 0) is 37.1 Å². The number of halogens is 2. The molecule has 35 heavy (non-hydrogen) atoms. The molecule has 3 amide bonds. The van der Waals surface area contributed by atoms with Gasteiger partial charge in [0, 0.05) is 32.0 Å². The van der Waals surface area contributed by atoms with Gasteiger partial charge in [-0.1, -0.05) is 58.8 Å². The Morgan fingerprint density at radius 3 is 2.23 bits per heavy atom. The molecule has 1 aliphatic heterocycles. The van der Waals surface area contributed by atoms with Crippen molar-refractivity contribution in [2.24, 2.45) is 5.92 Å². The second kappa shape index (κ2) is 11.6. The average Bonchev–Trinajstić information content (AvgIpc) is 3.31. The van der Waals surface area contributed by atoms with Gasteiger partial charge in [0.05, 0.1) is 21.2 Å². The summed E-state index contributed by atoms with van der Waals surface area (Å²) in [6, 6.07) is 13.8. The Morgan fingerprint density at radius 1 is 0.943 bits per heavy atom. The van der Waals surface area contributed by atoms with Crippen LogP contribution in [-0.4, -0.2) is 52.5 Å². The maximum Gasteiger partial charge on any atom is 0.255 e. The minimum Gasteiger partial charge on any atom is -0.352 e. The van der Waals surface area contributed by atoms with Gasteiger partial charge >= 0.3 is 0 Å². The van der Waals surface area contributed by atoms with E-state index in [2.05, 4.69) is 20.8 Å². The molecule has 2 aromatic carbocycles. The van der Waals surface area contributed by atoms with Crippen molar-refractivity contribution in [2.75, 3.05) is 25.0 Å². The summed E-state index contributed by atoms with van der Waals surface area (Å²) in [7, 11) is 0. The number of aromatic nitrogens is 2. The van der Waals surface area contributed by atoms with E-state index in [0.29, 0.717) is 70.2 Å². The van der Waals surface area contributed by atoms with E-state index in [-0.39, 0.29) is 23.6 Å². The molecule has 0 aliphatic carbocycles. The van der Waals surface area contributed by atoms with Crippen LogP contribution in [0.1, 0.15) is 38.6 Å². The van der Waals surface area contributed by atoms with Crippen LogP contribution in [0.3, 0.4) is 0 Å². The van der Waals surface area contributed by atoms with Gasteiger partial charge in [0.2, 0.25) is 11.0 Å². The van der Waals surface area contributed by atoms with Gasteiger partial charge in [-0.15, -0.1) is 10.2 Å². The average molecular weight is 532 g/mol. The topological polar surface area (TPSA) is 104 Å². The van der Waals surface area contributed by atoms with Crippen molar-refractivity contribution in [1.29, 1.82) is 0 Å². The molecule has 1 fully saturated rings. The molecule has 0 atom stereocenters. The highest BCUT2D eigenvalue weighted by Crippen LogP contribution is 2.24. The number of nitrogens with zero attached hydrogens (tertiary/aromatic N) is 3. The second-order valence-electron chi connectivity index (χ2n) is 8.02. The van der Waals surface area contributed by atoms with Crippen molar-refractivity contribution in [3.63, 3.8) is 0 Å². The van der Waals surface area contributed by atoms with Crippen molar-refractivity contribution in [3.8, 4) is 0 Å². The number of hydrogen-bond donors (Lipinski definition) is 2. The molecule has 4 rings (SSSR count). The van der Waals surface area contributed by atoms with Crippen LogP contribution in [0.4, 0.5) is 5.13 Å². The first-order valence-electron chi connectivity index (χ1n) is 11.1. The van der Waals surface area contributed by atoms with Crippen LogP contribution in [0, 0.1) is 5.92 Å². The smallest absolute Gasteiger partial charge is 0.255 e. The van der Waals surface area contributed by atoms with Crippen LogP contribution in [0.25, 0.3) is 0 Å². The standard InChI is InChI=1S/C24H23Cl2N5O3S/c25-18-7-3-1-5-16(18)22(33)27-12-9-20-29-30-24(35-20)28-21(32)15-10-13-31(14-11-15)23(34)17-6-2-4-8-19(17)26/h1-8,15H,9-14H2,(H,27,33)(H,28,30,32). The summed E-state index contributed by atoms with van der Waals surface area (Å²) in [6.45, 7) is 1.33. The first-order chi connectivity index (χ1) is 16.9. The third-order valence-corrected chi connectivity index (χ3v) is 7.25. The first kappa shape index (κ1) is 25.1. The lowest BCUT2D eigenvalue weighted by molar-refractivity contribution is -0.121. The number of likely N-dealkylation sites (tertiary alicyclic amines) is 1. The zero-order chi connectivity index (χ0) is 24.8. The molecule has 11 heteroatoms. The Morgan fingerprint density at radius 2 is 1.57 bits per heavy atom. The molecule has 8 nitrogen and oxygen atoms in total. The number of piperidine rings is 1. The summed E-state index contributed by atoms with van der Waals surface area (Å²) in [5, 5.41) is 15.7. The van der Waals surface area contributed by atoms with E-state index < -0.39 is 0 Å². The van der Waals surface area contributed by atoms with Gasteiger partial charge in [0.15, 0.2) is 0 Å². The maximum atomic E-state index is 12.7. The summed E-state index contributed by atoms with van der Waals surface area (Å²) in [6.07, 6.45) is 1.59. The fourth-order valence-corrected chi connectivity index (χ4v) is 4.97. The molecule has 0 spiro atoms. The summed E-state index contributed by atoms with van der Waals surface area (Å²) in [5.41, 5.74) is 0.889. The van der Waals surface area contributed by atoms with Crippen LogP contribution >= 0.6 is 34.5 Å². The number of benzene rings is 2. The number of carbonyl (C=O) groups is 3. The molecular formula is C24H23Cl2N5O3S. The van der Waals surface area contributed by atoms with E-state index >= 15 is 0 Å². The third-order valence-electron chi connectivity index (χ3n) is 5.70. The van der Waals surface area contributed by atoms with E-state index in [0.717, 1.165) is 0 Å². The van der Waals surface area contributed by atoms with Gasteiger partial charge < -0.3 is 15.5 Å². The predicted octanol–water partition coefficient (Wildman–Crippen LogP) is 4.31. The van der Waals surface area contributed by atoms with Crippen LogP contribution in [0.2, 0.25) is 10.0 Å². The third kappa shape index (κ3) is 6.36. The molecule has 182 valence electrons. The maximum absolute atomic E-state index is 12.7. The Balaban J connectivity index is 1.22. The van der Waals surface area contributed by atoms with Crippen molar-refractivity contribution >= 4 is 57.4 Å². The van der Waals surface area contributed by atoms with Crippen LogP contribution in [-0.2, 0) is 11.2 Å². The van der Waals surface area contributed by atoms with Gasteiger partial charge in [0.1, 0.15) is 5.01 Å². The molecule has 0 saturated carbocycles. The molecular weight excluding hydrogens is 509 g/mol. The molecule has 0 unspecified atom stereocenters. The number of nitrogens with one attached hydrogen (secondary N) is 2. The highest BCUT2D eigenvalue weighted by Gasteiger charge is 2.29. The lowest BCUT2D eigenvalue weighted by Crippen LogP contribution is -2.41. The molecule has 1 aromatic heterocycles. The van der Waals surface area contributed by atoms with Gasteiger partial charge in [0.25, 0.3) is 11.8 Å². The van der Waals surface area contributed by atoms with E-state index in [1.54, 1.807) is 53.4 Å². The Kier molecular flexibility index (Phi) is 8.33. The number of rotatable bonds is 7. The minimum atomic E-state index is -0.256. The molecule has 0 radical (unpaired) electrons. The fourth-order valence-electron chi connectivity index (χ4n) is 3.79. The quantitative estimate of drug-likeness (QED) is 0.472. The lowest BCUT2D eigenvalue weighted by Gasteiger charge is -2.31. The highest BCUT2D eigenvalue weighted by atomic mass is 35.5. The van der Waals surface area contributed by atoms with Crippen molar-refractivity contribution in [1.82, 2.24) is 20.4 Å². The predicted molar refractivity (Wildman–Crippen MR) is 136 cm³/mol. The minimum absolute atomic E-state index is 0.121. The zero-order valence-electron chi connectivity index (χ0n) is 18.7. The zero-order valence-corrected chi connectivity index (χ0v) is 21.0. The Hall–Kier alpha value is -3.01. The van der Waals surface area contributed by atoms with Gasteiger partial charge in [-0.2, -0.15) is 0 Å². The Bertz CT molecular complexity index is 1230. The van der Waals surface area contributed by atoms with E-state index in [9.17, 15) is 14.4 Å². The van der Waals surface area contributed by atoms with Crippen molar-refractivity contribution < 1.29 is 14.4 Å². The Labute approximate surface area is 216 Å². The number of anilines is 1. The molecule has 0 bridgehead atoms. The molecule has 1 saturated heterocycles. The summed E-state index contributed by atoms with van der Waals surface area (Å²) in [4.78, 5) is 39.4. The van der Waals surface area contributed by atoms with E-state index in [1.165, 1.54) is 11.3 Å².